The zero-order valence-corrected chi connectivity index (χ0v) is 22.8. The Morgan fingerprint density at radius 3 is 2.64 bits per heavy atom. The van der Waals surface area contributed by atoms with Crippen molar-refractivity contribution in [3.8, 4) is 0 Å². The van der Waals surface area contributed by atoms with Crippen molar-refractivity contribution in [1.82, 2.24) is 24.7 Å². The molecule has 0 spiro atoms. The maximum absolute atomic E-state index is 12.9. The second kappa shape index (κ2) is 13.1. The number of rotatable bonds is 11. The number of amides is 2. The Morgan fingerprint density at radius 2 is 1.90 bits per heavy atom. The van der Waals surface area contributed by atoms with Gasteiger partial charge in [-0.05, 0) is 43.4 Å². The predicted molar refractivity (Wildman–Crippen MR) is 147 cm³/mol. The molecule has 0 bridgehead atoms. The molecule has 9 nitrogen and oxygen atoms in total. The zero-order chi connectivity index (χ0) is 27.0. The van der Waals surface area contributed by atoms with Crippen molar-refractivity contribution in [2.24, 2.45) is 0 Å². The number of carbonyl (C=O) groups excluding carboxylic acids is 2. The van der Waals surface area contributed by atoms with Gasteiger partial charge in [-0.2, -0.15) is 0 Å². The van der Waals surface area contributed by atoms with Crippen molar-refractivity contribution in [3.63, 3.8) is 0 Å². The van der Waals surface area contributed by atoms with Crippen LogP contribution in [-0.4, -0.2) is 69.6 Å². The molecule has 0 aliphatic carbocycles. The van der Waals surface area contributed by atoms with Crippen LogP contribution in [0.4, 0.5) is 0 Å². The molecule has 2 amide bonds. The van der Waals surface area contributed by atoms with Crippen LogP contribution >= 0.6 is 0 Å². The van der Waals surface area contributed by atoms with E-state index >= 15 is 0 Å². The number of piperidine rings is 1. The summed E-state index contributed by atoms with van der Waals surface area (Å²) in [6.45, 7) is 6.98. The lowest BCUT2D eigenvalue weighted by Gasteiger charge is -2.32. The summed E-state index contributed by atoms with van der Waals surface area (Å²) >= 11 is 0. The van der Waals surface area contributed by atoms with Crippen LogP contribution in [0, 0.1) is 0 Å². The smallest absolute Gasteiger partial charge is 0.273 e. The summed E-state index contributed by atoms with van der Waals surface area (Å²) < 4.78 is 13.4. The van der Waals surface area contributed by atoms with Crippen molar-refractivity contribution in [2.45, 2.75) is 70.8 Å². The lowest BCUT2D eigenvalue weighted by molar-refractivity contribution is -0.133. The van der Waals surface area contributed by atoms with Gasteiger partial charge in [0.1, 0.15) is 6.26 Å². The first-order valence-electron chi connectivity index (χ1n) is 14.1. The highest BCUT2D eigenvalue weighted by Gasteiger charge is 2.24. The molecule has 3 aromatic rings. The molecule has 0 radical (unpaired) electrons. The molecule has 2 fully saturated rings. The van der Waals surface area contributed by atoms with Gasteiger partial charge in [-0.25, -0.2) is 4.98 Å². The Morgan fingerprint density at radius 1 is 1.08 bits per heavy atom. The minimum absolute atomic E-state index is 0.104. The van der Waals surface area contributed by atoms with Gasteiger partial charge in [-0.1, -0.05) is 37.3 Å². The SMILES string of the molecule is CCC(=O)N(Cc1cccn1Cc1nc(C(=O)NC2CCN(Cc3ccccc3)CC2)co1)CC1CCCO1. The van der Waals surface area contributed by atoms with Crippen LogP contribution in [-0.2, 0) is 29.2 Å². The molecular weight excluding hydrogens is 494 g/mol. The van der Waals surface area contributed by atoms with Crippen molar-refractivity contribution in [3.05, 3.63) is 77.8 Å². The number of likely N-dealkylation sites (tertiary alicyclic amines) is 1. The van der Waals surface area contributed by atoms with E-state index in [-0.39, 0.29) is 24.0 Å². The number of nitrogens with zero attached hydrogens (tertiary/aromatic N) is 4. The first kappa shape index (κ1) is 27.1. The minimum Gasteiger partial charge on any atom is -0.446 e. The summed E-state index contributed by atoms with van der Waals surface area (Å²) in [7, 11) is 0. The molecule has 1 atom stereocenters. The Bertz CT molecular complexity index is 1210. The van der Waals surface area contributed by atoms with E-state index in [9.17, 15) is 9.59 Å². The number of benzene rings is 1. The summed E-state index contributed by atoms with van der Waals surface area (Å²) in [5.74, 6) is 0.373. The van der Waals surface area contributed by atoms with Gasteiger partial charge in [0, 0.05) is 57.1 Å². The fourth-order valence-electron chi connectivity index (χ4n) is 5.42. The molecule has 0 saturated carbocycles. The second-order valence-electron chi connectivity index (χ2n) is 10.5. The number of ether oxygens (including phenoxy) is 1. The molecule has 1 unspecified atom stereocenters. The third kappa shape index (κ3) is 7.36. The number of carbonyl (C=O) groups is 2. The van der Waals surface area contributed by atoms with Gasteiger partial charge in [0.2, 0.25) is 11.8 Å². The lowest BCUT2D eigenvalue weighted by Crippen LogP contribution is -2.44. The molecule has 1 N–H and O–H groups in total. The van der Waals surface area contributed by atoms with Gasteiger partial charge < -0.3 is 23.9 Å². The minimum atomic E-state index is -0.199. The summed E-state index contributed by atoms with van der Waals surface area (Å²) in [6, 6.07) is 14.6. The molecule has 39 heavy (non-hydrogen) atoms. The highest BCUT2D eigenvalue weighted by molar-refractivity contribution is 5.92. The second-order valence-corrected chi connectivity index (χ2v) is 10.5. The van der Waals surface area contributed by atoms with E-state index in [0.29, 0.717) is 37.6 Å². The Hall–Kier alpha value is -3.43. The van der Waals surface area contributed by atoms with Crippen LogP contribution in [0.3, 0.4) is 0 Å². The Balaban J connectivity index is 1.12. The normalized spacial score (nSPS) is 18.3. The van der Waals surface area contributed by atoms with Crippen LogP contribution in [0.15, 0.2) is 59.3 Å². The van der Waals surface area contributed by atoms with Crippen LogP contribution in [0.25, 0.3) is 0 Å². The lowest BCUT2D eigenvalue weighted by atomic mass is 10.0. The molecular formula is C30H39N5O4. The van der Waals surface area contributed by atoms with Crippen LogP contribution < -0.4 is 5.32 Å². The molecule has 2 saturated heterocycles. The Labute approximate surface area is 230 Å². The quantitative estimate of drug-likeness (QED) is 0.403. The van der Waals surface area contributed by atoms with Gasteiger partial charge >= 0.3 is 0 Å². The van der Waals surface area contributed by atoms with E-state index in [0.717, 1.165) is 57.6 Å². The summed E-state index contributed by atoms with van der Waals surface area (Å²) in [5.41, 5.74) is 2.60. The van der Waals surface area contributed by atoms with E-state index in [1.807, 2.05) is 40.8 Å². The molecule has 208 valence electrons. The number of hydrogen-bond acceptors (Lipinski definition) is 6. The third-order valence-electron chi connectivity index (χ3n) is 7.64. The van der Waals surface area contributed by atoms with E-state index < -0.39 is 0 Å². The number of oxazole rings is 1. The van der Waals surface area contributed by atoms with E-state index in [1.54, 1.807) is 0 Å². The molecule has 5 rings (SSSR count). The first-order valence-corrected chi connectivity index (χ1v) is 14.1. The van der Waals surface area contributed by atoms with Crippen molar-refractivity contribution in [1.29, 1.82) is 0 Å². The molecule has 2 aliphatic rings. The molecule has 2 aliphatic heterocycles. The van der Waals surface area contributed by atoms with Crippen LogP contribution in [0.1, 0.15) is 66.7 Å². The van der Waals surface area contributed by atoms with Gasteiger partial charge in [-0.3, -0.25) is 14.5 Å². The van der Waals surface area contributed by atoms with Crippen LogP contribution in [0.2, 0.25) is 0 Å². The topological polar surface area (TPSA) is 92.8 Å². The molecule has 4 heterocycles. The average Bonchev–Trinajstić information content (AvgIpc) is 3.73. The average molecular weight is 534 g/mol. The number of nitrogens with one attached hydrogen (secondary N) is 1. The highest BCUT2D eigenvalue weighted by atomic mass is 16.5. The molecule has 9 heteroatoms. The maximum atomic E-state index is 12.9. The standard InChI is InChI=1S/C30H39N5O4/c1-2-29(36)35(20-26-11-7-17-38-26)19-25-10-6-14-34(25)21-28-32-27(22-39-28)30(37)31-24-12-15-33(16-13-24)18-23-8-4-3-5-9-23/h3-6,8-10,14,22,24,26H,2,7,11-13,15-21H2,1H3,(H,31,37). The van der Waals surface area contributed by atoms with E-state index in [4.69, 9.17) is 9.15 Å². The van der Waals surface area contributed by atoms with Crippen molar-refractivity contribution < 1.29 is 18.7 Å². The zero-order valence-electron chi connectivity index (χ0n) is 22.8. The maximum Gasteiger partial charge on any atom is 0.273 e. The van der Waals surface area contributed by atoms with E-state index in [2.05, 4.69) is 39.5 Å². The largest absolute Gasteiger partial charge is 0.446 e. The summed E-state index contributed by atoms with van der Waals surface area (Å²) in [6.07, 6.45) is 7.80. The highest BCUT2D eigenvalue weighted by Crippen LogP contribution is 2.18. The number of hydrogen-bond donors (Lipinski definition) is 1. The summed E-state index contributed by atoms with van der Waals surface area (Å²) in [4.78, 5) is 34.3. The summed E-state index contributed by atoms with van der Waals surface area (Å²) in [5, 5.41) is 3.13. The fraction of sp³-hybridized carbons (Fsp3) is 0.500. The fourth-order valence-corrected chi connectivity index (χ4v) is 5.42. The molecule has 1 aromatic carbocycles. The Kier molecular flexibility index (Phi) is 9.11. The predicted octanol–water partition coefficient (Wildman–Crippen LogP) is 3.84. The first-order chi connectivity index (χ1) is 19.1. The third-order valence-corrected chi connectivity index (χ3v) is 7.64. The van der Waals surface area contributed by atoms with E-state index in [1.165, 1.54) is 11.8 Å². The van der Waals surface area contributed by atoms with Crippen molar-refractivity contribution in [2.75, 3.05) is 26.2 Å². The van der Waals surface area contributed by atoms with Crippen molar-refractivity contribution >= 4 is 11.8 Å². The molecule has 2 aromatic heterocycles. The van der Waals surface area contributed by atoms with Gasteiger partial charge in [0.05, 0.1) is 19.2 Å². The number of aromatic nitrogens is 2. The van der Waals surface area contributed by atoms with Gasteiger partial charge in [0.25, 0.3) is 5.91 Å². The van der Waals surface area contributed by atoms with Gasteiger partial charge in [0.15, 0.2) is 5.69 Å². The van der Waals surface area contributed by atoms with Gasteiger partial charge in [-0.15, -0.1) is 0 Å². The van der Waals surface area contributed by atoms with Crippen LogP contribution in [0.5, 0.6) is 0 Å². The monoisotopic (exact) mass is 533 g/mol.